The average Bonchev–Trinajstić information content (AvgIpc) is 3.16. The highest BCUT2D eigenvalue weighted by Gasteiger charge is 2.32. The van der Waals surface area contributed by atoms with Crippen LogP contribution in [0, 0.1) is 0 Å². The Kier molecular flexibility index (Phi) is 6.27. The van der Waals surface area contributed by atoms with E-state index in [2.05, 4.69) is 27.1 Å². The molecule has 8 nitrogen and oxygen atoms in total. The smallest absolute Gasteiger partial charge is 0.404 e. The number of carbonyl (C=O) groups is 2. The van der Waals surface area contributed by atoms with E-state index in [1.54, 1.807) is 30.6 Å². The van der Waals surface area contributed by atoms with Crippen LogP contribution >= 0.6 is 11.6 Å². The Morgan fingerprint density at radius 2 is 1.90 bits per heavy atom. The van der Waals surface area contributed by atoms with Crippen LogP contribution < -0.4 is 10.2 Å². The Balaban J connectivity index is 1.46. The quantitative estimate of drug-likeness (QED) is 0.737. The predicted octanol–water partition coefficient (Wildman–Crippen LogP) is 2.88. The third-order valence-corrected chi connectivity index (χ3v) is 6.42. The molecule has 0 bridgehead atoms. The van der Waals surface area contributed by atoms with Crippen molar-refractivity contribution in [2.45, 2.75) is 31.6 Å². The number of aryl methyl sites for hydroxylation is 1. The van der Waals surface area contributed by atoms with Crippen LogP contribution in [0.5, 0.6) is 0 Å². The Labute approximate surface area is 186 Å². The topological polar surface area (TPSA) is 98.7 Å². The lowest BCUT2D eigenvalue weighted by Crippen LogP contribution is -2.51. The van der Waals surface area contributed by atoms with Crippen LogP contribution in [0.2, 0.25) is 5.02 Å². The fourth-order valence-electron chi connectivity index (χ4n) is 4.47. The maximum Gasteiger partial charge on any atom is 0.404 e. The van der Waals surface area contributed by atoms with Gasteiger partial charge in [0.05, 0.1) is 5.92 Å². The van der Waals surface area contributed by atoms with E-state index in [1.807, 2.05) is 4.90 Å². The van der Waals surface area contributed by atoms with Gasteiger partial charge < -0.3 is 20.2 Å². The zero-order valence-corrected chi connectivity index (χ0v) is 18.2. The van der Waals surface area contributed by atoms with Crippen molar-refractivity contribution in [2.75, 3.05) is 37.6 Å². The third kappa shape index (κ3) is 4.58. The van der Waals surface area contributed by atoms with Gasteiger partial charge in [-0.05, 0) is 36.5 Å². The van der Waals surface area contributed by atoms with Gasteiger partial charge in [-0.25, -0.2) is 14.8 Å². The minimum absolute atomic E-state index is 0.0208. The van der Waals surface area contributed by atoms with Gasteiger partial charge >= 0.3 is 6.09 Å². The lowest BCUT2D eigenvalue weighted by molar-refractivity contribution is -0.133. The minimum atomic E-state index is -1.15. The van der Waals surface area contributed by atoms with Gasteiger partial charge in [0.25, 0.3) is 0 Å². The number of nitrogens with one attached hydrogen (secondary N) is 1. The molecule has 0 saturated carbocycles. The summed E-state index contributed by atoms with van der Waals surface area (Å²) in [7, 11) is 0. The van der Waals surface area contributed by atoms with Crippen molar-refractivity contribution in [3.63, 3.8) is 0 Å². The molecule has 2 aromatic rings. The molecule has 1 aliphatic heterocycles. The number of hydrogen-bond donors (Lipinski definition) is 2. The molecule has 2 atom stereocenters. The van der Waals surface area contributed by atoms with Crippen molar-refractivity contribution in [1.82, 2.24) is 20.2 Å². The Bertz CT molecular complexity index is 960. The number of benzene rings is 1. The number of nitrogens with zero attached hydrogens (tertiary/aromatic N) is 4. The van der Waals surface area contributed by atoms with Crippen molar-refractivity contribution in [2.24, 2.45) is 0 Å². The molecule has 0 radical (unpaired) electrons. The number of piperazine rings is 1. The summed E-state index contributed by atoms with van der Waals surface area (Å²) in [6, 6.07) is 6.98. The fraction of sp³-hybridized carbons (Fsp3) is 0.455. The number of amides is 2. The molecule has 0 spiro atoms. The molecule has 2 amide bonds. The number of halogens is 1. The maximum absolute atomic E-state index is 13.3. The maximum atomic E-state index is 13.3. The second-order valence-corrected chi connectivity index (χ2v) is 8.54. The zero-order valence-electron chi connectivity index (χ0n) is 17.4. The second-order valence-electron chi connectivity index (χ2n) is 8.10. The standard InChI is InChI=1S/C22H26ClN5O3/c1-14-2-7-18-19(14)20(26-13-25-18)27-8-10-28(11-9-27)21(29)17(12-24-22(30)31)15-3-5-16(23)6-4-15/h3-6,13-14,17,24H,2,7-12H2,1H3,(H,30,31)/t14-,17-/m1/s1. The fourth-order valence-corrected chi connectivity index (χ4v) is 4.59. The highest BCUT2D eigenvalue weighted by atomic mass is 35.5. The van der Waals surface area contributed by atoms with Gasteiger partial charge in [0.15, 0.2) is 0 Å². The van der Waals surface area contributed by atoms with Gasteiger partial charge in [-0.1, -0.05) is 30.7 Å². The molecule has 0 unspecified atom stereocenters. The summed E-state index contributed by atoms with van der Waals surface area (Å²) in [4.78, 5) is 37.4. The summed E-state index contributed by atoms with van der Waals surface area (Å²) < 4.78 is 0. The van der Waals surface area contributed by atoms with Gasteiger partial charge in [-0.15, -0.1) is 0 Å². The summed E-state index contributed by atoms with van der Waals surface area (Å²) in [6.45, 7) is 4.72. The number of anilines is 1. The number of hydrogen-bond acceptors (Lipinski definition) is 5. The predicted molar refractivity (Wildman–Crippen MR) is 118 cm³/mol. The van der Waals surface area contributed by atoms with E-state index >= 15 is 0 Å². The second kappa shape index (κ2) is 9.09. The normalized spacial score (nSPS) is 19.1. The van der Waals surface area contributed by atoms with Crippen molar-refractivity contribution in [3.8, 4) is 0 Å². The van der Waals surface area contributed by atoms with Crippen LogP contribution in [0.4, 0.5) is 10.6 Å². The molecule has 9 heteroatoms. The molecule has 1 aromatic heterocycles. The van der Waals surface area contributed by atoms with E-state index in [0.29, 0.717) is 37.1 Å². The lowest BCUT2D eigenvalue weighted by atomic mass is 9.97. The molecule has 164 valence electrons. The van der Waals surface area contributed by atoms with Crippen LogP contribution in [0.25, 0.3) is 0 Å². The molecular formula is C22H26ClN5O3. The SMILES string of the molecule is C[C@@H]1CCc2ncnc(N3CCN(C(=O)[C@H](CNC(=O)O)c4ccc(Cl)cc4)CC3)c21. The van der Waals surface area contributed by atoms with Gasteiger partial charge in [-0.3, -0.25) is 4.79 Å². The molecule has 1 saturated heterocycles. The Morgan fingerprint density at radius 1 is 1.19 bits per heavy atom. The summed E-state index contributed by atoms with van der Waals surface area (Å²) in [5, 5.41) is 12.0. The lowest BCUT2D eigenvalue weighted by Gasteiger charge is -2.38. The van der Waals surface area contributed by atoms with Crippen LogP contribution in [0.3, 0.4) is 0 Å². The van der Waals surface area contributed by atoms with Crippen LogP contribution in [0.1, 0.15) is 42.0 Å². The highest BCUT2D eigenvalue weighted by Crippen LogP contribution is 2.37. The summed E-state index contributed by atoms with van der Waals surface area (Å²) >= 11 is 5.98. The first kappa shape index (κ1) is 21.4. The minimum Gasteiger partial charge on any atom is -0.465 e. The first-order chi connectivity index (χ1) is 14.9. The van der Waals surface area contributed by atoms with Crippen molar-refractivity contribution >= 4 is 29.4 Å². The van der Waals surface area contributed by atoms with Gasteiger partial charge in [0, 0.05) is 49.0 Å². The largest absolute Gasteiger partial charge is 0.465 e. The number of carbonyl (C=O) groups excluding carboxylic acids is 1. The Morgan fingerprint density at radius 3 is 2.58 bits per heavy atom. The van der Waals surface area contributed by atoms with Crippen molar-refractivity contribution < 1.29 is 14.7 Å². The van der Waals surface area contributed by atoms with Gasteiger partial charge in [0.1, 0.15) is 12.1 Å². The van der Waals surface area contributed by atoms with Crippen molar-refractivity contribution in [1.29, 1.82) is 0 Å². The van der Waals surface area contributed by atoms with Crippen LogP contribution in [-0.2, 0) is 11.2 Å². The molecule has 2 N–H and O–H groups in total. The van der Waals surface area contributed by atoms with E-state index in [-0.39, 0.29) is 12.5 Å². The van der Waals surface area contributed by atoms with Crippen LogP contribution in [0.15, 0.2) is 30.6 Å². The van der Waals surface area contributed by atoms with Gasteiger partial charge in [0.2, 0.25) is 5.91 Å². The molecule has 4 rings (SSSR count). The number of fused-ring (bicyclic) bond motifs is 1. The summed E-state index contributed by atoms with van der Waals surface area (Å²) in [5.41, 5.74) is 3.12. The molecular weight excluding hydrogens is 418 g/mol. The summed E-state index contributed by atoms with van der Waals surface area (Å²) in [6.07, 6.45) is 2.57. The average molecular weight is 444 g/mol. The monoisotopic (exact) mass is 443 g/mol. The molecule has 1 aliphatic carbocycles. The van der Waals surface area contributed by atoms with E-state index in [9.17, 15) is 9.59 Å². The molecule has 1 fully saturated rings. The van der Waals surface area contributed by atoms with E-state index in [1.165, 1.54) is 5.56 Å². The van der Waals surface area contributed by atoms with Gasteiger partial charge in [-0.2, -0.15) is 0 Å². The van der Waals surface area contributed by atoms with E-state index in [4.69, 9.17) is 16.7 Å². The van der Waals surface area contributed by atoms with E-state index in [0.717, 1.165) is 29.9 Å². The molecule has 31 heavy (non-hydrogen) atoms. The number of carboxylic acid groups (broad SMARTS) is 1. The molecule has 2 aliphatic rings. The van der Waals surface area contributed by atoms with Crippen molar-refractivity contribution in [3.05, 3.63) is 52.4 Å². The Hall–Kier alpha value is -2.87. The van der Waals surface area contributed by atoms with E-state index < -0.39 is 12.0 Å². The molecule has 2 heterocycles. The summed E-state index contributed by atoms with van der Waals surface area (Å²) in [5.74, 6) is 0.756. The first-order valence-corrected chi connectivity index (χ1v) is 10.9. The van der Waals surface area contributed by atoms with Crippen LogP contribution in [-0.4, -0.2) is 64.7 Å². The first-order valence-electron chi connectivity index (χ1n) is 10.5. The number of rotatable bonds is 5. The third-order valence-electron chi connectivity index (χ3n) is 6.17. The number of aromatic nitrogens is 2. The zero-order chi connectivity index (χ0) is 22.0. The highest BCUT2D eigenvalue weighted by molar-refractivity contribution is 6.30. The molecule has 1 aromatic carbocycles.